The van der Waals surface area contributed by atoms with E-state index in [-0.39, 0.29) is 11.9 Å². The Morgan fingerprint density at radius 1 is 1.40 bits per heavy atom. The van der Waals surface area contributed by atoms with Gasteiger partial charge in [0.1, 0.15) is 6.10 Å². The van der Waals surface area contributed by atoms with E-state index in [2.05, 4.69) is 0 Å². The number of cyclic esters (lactones) is 1. The van der Waals surface area contributed by atoms with Crippen LogP contribution in [0.1, 0.15) is 24.8 Å². The quantitative estimate of drug-likeness (QED) is 0.745. The van der Waals surface area contributed by atoms with Crippen molar-refractivity contribution < 1.29 is 14.6 Å². The van der Waals surface area contributed by atoms with Crippen LogP contribution in [0, 0.1) is 0 Å². The molecule has 1 heterocycles. The van der Waals surface area contributed by atoms with Crippen LogP contribution in [-0.4, -0.2) is 23.3 Å². The number of aliphatic hydroxyl groups excluding tert-OH is 1. The van der Waals surface area contributed by atoms with Gasteiger partial charge in [-0.2, -0.15) is 0 Å². The van der Waals surface area contributed by atoms with Crippen molar-refractivity contribution in [3.8, 4) is 0 Å². The van der Waals surface area contributed by atoms with Gasteiger partial charge in [0.05, 0.1) is 12.5 Å². The molecule has 0 aromatic heterocycles. The van der Waals surface area contributed by atoms with Gasteiger partial charge < -0.3 is 9.84 Å². The summed E-state index contributed by atoms with van der Waals surface area (Å²) < 4.78 is 5.10. The Morgan fingerprint density at radius 3 is 2.67 bits per heavy atom. The number of hydrogen-bond acceptors (Lipinski definition) is 3. The first-order chi connectivity index (χ1) is 7.18. The van der Waals surface area contributed by atoms with Crippen LogP contribution in [0.15, 0.2) is 30.3 Å². The van der Waals surface area contributed by atoms with Gasteiger partial charge in [-0.25, -0.2) is 0 Å². The maximum absolute atomic E-state index is 11.2. The molecule has 0 bridgehead atoms. The highest BCUT2D eigenvalue weighted by Crippen LogP contribution is 2.33. The van der Waals surface area contributed by atoms with Crippen molar-refractivity contribution in [2.24, 2.45) is 0 Å². The minimum Gasteiger partial charge on any atom is -0.459 e. The average molecular weight is 206 g/mol. The minimum atomic E-state index is -0.623. The molecule has 0 unspecified atom stereocenters. The standard InChI is InChI=1S/C12H14O3/c1-8(13)12-10(7-11(14)15-12)9-5-3-2-4-6-9/h2-6,8,10,12-13H,7H2,1H3/t8-,10-,12-/m0/s1. The Labute approximate surface area is 88.7 Å². The smallest absolute Gasteiger partial charge is 0.306 e. The zero-order chi connectivity index (χ0) is 10.8. The molecule has 3 nitrogen and oxygen atoms in total. The van der Waals surface area contributed by atoms with E-state index < -0.39 is 12.2 Å². The topological polar surface area (TPSA) is 46.5 Å². The summed E-state index contributed by atoms with van der Waals surface area (Å²) in [5.41, 5.74) is 1.05. The number of carbonyl (C=O) groups excluding carboxylic acids is 1. The molecule has 0 radical (unpaired) electrons. The zero-order valence-electron chi connectivity index (χ0n) is 8.59. The van der Waals surface area contributed by atoms with Crippen molar-refractivity contribution in [1.82, 2.24) is 0 Å². The maximum atomic E-state index is 11.2. The number of carbonyl (C=O) groups is 1. The van der Waals surface area contributed by atoms with Crippen LogP contribution in [0.4, 0.5) is 0 Å². The lowest BCUT2D eigenvalue weighted by molar-refractivity contribution is -0.145. The molecule has 15 heavy (non-hydrogen) atoms. The number of aliphatic hydroxyl groups is 1. The van der Waals surface area contributed by atoms with Crippen LogP contribution in [-0.2, 0) is 9.53 Å². The molecular formula is C12H14O3. The van der Waals surface area contributed by atoms with Gasteiger partial charge in [-0.15, -0.1) is 0 Å². The van der Waals surface area contributed by atoms with Crippen LogP contribution < -0.4 is 0 Å². The zero-order valence-corrected chi connectivity index (χ0v) is 8.59. The molecule has 1 saturated heterocycles. The third-order valence-electron chi connectivity index (χ3n) is 2.75. The first-order valence-corrected chi connectivity index (χ1v) is 5.11. The monoisotopic (exact) mass is 206 g/mol. The highest BCUT2D eigenvalue weighted by molar-refractivity contribution is 5.73. The van der Waals surface area contributed by atoms with Gasteiger partial charge >= 0.3 is 5.97 Å². The molecule has 1 fully saturated rings. The van der Waals surface area contributed by atoms with E-state index in [4.69, 9.17) is 4.74 Å². The predicted molar refractivity (Wildman–Crippen MR) is 55.4 cm³/mol. The van der Waals surface area contributed by atoms with Gasteiger partial charge in [-0.3, -0.25) is 4.79 Å². The van der Waals surface area contributed by atoms with Crippen molar-refractivity contribution in [2.45, 2.75) is 31.5 Å². The summed E-state index contributed by atoms with van der Waals surface area (Å²) in [5.74, 6) is -0.242. The van der Waals surface area contributed by atoms with E-state index in [1.165, 1.54) is 0 Å². The number of hydrogen-bond donors (Lipinski definition) is 1. The van der Waals surface area contributed by atoms with Crippen LogP contribution in [0.3, 0.4) is 0 Å². The summed E-state index contributed by atoms with van der Waals surface area (Å²) in [6.45, 7) is 1.65. The molecule has 1 aliphatic rings. The van der Waals surface area contributed by atoms with E-state index in [1.807, 2.05) is 30.3 Å². The summed E-state index contributed by atoms with van der Waals surface area (Å²) in [5, 5.41) is 9.52. The van der Waals surface area contributed by atoms with Crippen molar-refractivity contribution in [2.75, 3.05) is 0 Å². The molecule has 2 rings (SSSR count). The Kier molecular flexibility index (Phi) is 2.73. The fraction of sp³-hybridized carbons (Fsp3) is 0.417. The molecule has 1 N–H and O–H groups in total. The van der Waals surface area contributed by atoms with Gasteiger partial charge in [-0.1, -0.05) is 30.3 Å². The maximum Gasteiger partial charge on any atom is 0.306 e. The summed E-state index contributed by atoms with van der Waals surface area (Å²) in [6.07, 6.45) is -0.666. The van der Waals surface area contributed by atoms with Crippen molar-refractivity contribution in [3.63, 3.8) is 0 Å². The molecule has 3 heteroatoms. The average Bonchev–Trinajstić information content (AvgIpc) is 2.62. The first kappa shape index (κ1) is 10.2. The third-order valence-corrected chi connectivity index (χ3v) is 2.75. The highest BCUT2D eigenvalue weighted by Gasteiger charge is 2.38. The minimum absolute atomic E-state index is 0.0151. The Bertz CT molecular complexity index is 345. The molecule has 0 spiro atoms. The second-order valence-electron chi connectivity index (χ2n) is 3.92. The largest absolute Gasteiger partial charge is 0.459 e. The number of rotatable bonds is 2. The molecular weight excluding hydrogens is 192 g/mol. The third kappa shape index (κ3) is 2.02. The molecule has 0 aliphatic carbocycles. The fourth-order valence-electron chi connectivity index (χ4n) is 2.02. The lowest BCUT2D eigenvalue weighted by atomic mass is 9.90. The lowest BCUT2D eigenvalue weighted by Gasteiger charge is -2.20. The predicted octanol–water partition coefficient (Wildman–Crippen LogP) is 1.47. The molecule has 0 amide bonds. The molecule has 80 valence electrons. The highest BCUT2D eigenvalue weighted by atomic mass is 16.6. The van der Waals surface area contributed by atoms with Gasteiger partial charge in [0, 0.05) is 5.92 Å². The van der Waals surface area contributed by atoms with Crippen molar-refractivity contribution in [1.29, 1.82) is 0 Å². The molecule has 1 aromatic carbocycles. The van der Waals surface area contributed by atoms with E-state index in [9.17, 15) is 9.90 Å². The molecule has 1 aliphatic heterocycles. The Balaban J connectivity index is 2.24. The van der Waals surface area contributed by atoms with Gasteiger partial charge in [0.25, 0.3) is 0 Å². The normalized spacial score (nSPS) is 27.5. The molecule has 1 aromatic rings. The molecule has 3 atom stereocenters. The fourth-order valence-corrected chi connectivity index (χ4v) is 2.02. The summed E-state index contributed by atoms with van der Waals surface area (Å²) in [6, 6.07) is 9.71. The van der Waals surface area contributed by atoms with Crippen LogP contribution in [0.25, 0.3) is 0 Å². The van der Waals surface area contributed by atoms with Gasteiger partial charge in [0.2, 0.25) is 0 Å². The summed E-state index contributed by atoms with van der Waals surface area (Å²) in [7, 11) is 0. The van der Waals surface area contributed by atoms with Crippen LogP contribution >= 0.6 is 0 Å². The number of ether oxygens (including phenoxy) is 1. The Hall–Kier alpha value is -1.35. The second-order valence-corrected chi connectivity index (χ2v) is 3.92. The van der Waals surface area contributed by atoms with Crippen LogP contribution in [0.5, 0.6) is 0 Å². The van der Waals surface area contributed by atoms with Gasteiger partial charge in [0.15, 0.2) is 0 Å². The molecule has 0 saturated carbocycles. The SMILES string of the molecule is C[C@H](O)[C@@H]1OC(=O)C[C@H]1c1ccccc1. The van der Waals surface area contributed by atoms with E-state index >= 15 is 0 Å². The Morgan fingerprint density at radius 2 is 2.07 bits per heavy atom. The summed E-state index contributed by atoms with van der Waals surface area (Å²) >= 11 is 0. The number of benzene rings is 1. The van der Waals surface area contributed by atoms with E-state index in [1.54, 1.807) is 6.92 Å². The second kappa shape index (κ2) is 4.03. The lowest BCUT2D eigenvalue weighted by Crippen LogP contribution is -2.27. The van der Waals surface area contributed by atoms with Crippen molar-refractivity contribution >= 4 is 5.97 Å². The van der Waals surface area contributed by atoms with E-state index in [0.29, 0.717) is 6.42 Å². The van der Waals surface area contributed by atoms with Crippen LogP contribution in [0.2, 0.25) is 0 Å². The summed E-state index contributed by atoms with van der Waals surface area (Å²) in [4.78, 5) is 11.2. The van der Waals surface area contributed by atoms with E-state index in [0.717, 1.165) is 5.56 Å². The number of esters is 1. The van der Waals surface area contributed by atoms with Crippen molar-refractivity contribution in [3.05, 3.63) is 35.9 Å². The first-order valence-electron chi connectivity index (χ1n) is 5.11. The van der Waals surface area contributed by atoms with Gasteiger partial charge in [-0.05, 0) is 12.5 Å².